The molecule has 3 aromatic rings. The number of para-hydroxylation sites is 1. The van der Waals surface area contributed by atoms with Crippen LogP contribution >= 0.6 is 0 Å². The predicted octanol–water partition coefficient (Wildman–Crippen LogP) is 3.88. The Labute approximate surface area is 246 Å². The first-order chi connectivity index (χ1) is 20.0. The minimum Gasteiger partial charge on any atom is -0.497 e. The molecule has 0 aliphatic carbocycles. The van der Waals surface area contributed by atoms with Crippen molar-refractivity contribution in [3.63, 3.8) is 0 Å². The quantitative estimate of drug-likeness (QED) is 0.341. The zero-order valence-electron chi connectivity index (χ0n) is 24.0. The van der Waals surface area contributed by atoms with Gasteiger partial charge in [0.05, 0.1) is 42.4 Å². The standard InChI is InChI=1S/C30H36N4O7S/c1-20-17-34(21(2)19-35)29(36)25-11-8-12-26(32-42(38,39)24-9-6-5-7-10-24)28(25)41-27(20)18-33(3)30(37)31-22-13-15-23(40-4)16-14-22/h5-16,20-21,27,32,35H,17-19H2,1-4H3,(H,31,37)/t20-,21-,27+/m0/s1. The lowest BCUT2D eigenvalue weighted by Gasteiger charge is -2.38. The van der Waals surface area contributed by atoms with E-state index in [1.165, 1.54) is 23.1 Å². The van der Waals surface area contributed by atoms with Crippen LogP contribution in [0.1, 0.15) is 24.2 Å². The zero-order chi connectivity index (χ0) is 30.4. The number of aliphatic hydroxyl groups excluding tert-OH is 1. The van der Waals surface area contributed by atoms with Gasteiger partial charge in [0.1, 0.15) is 11.9 Å². The maximum absolute atomic E-state index is 13.7. The van der Waals surface area contributed by atoms with E-state index in [0.29, 0.717) is 11.4 Å². The van der Waals surface area contributed by atoms with Gasteiger partial charge in [-0.1, -0.05) is 31.2 Å². The summed E-state index contributed by atoms with van der Waals surface area (Å²) < 4.78 is 40.6. The van der Waals surface area contributed by atoms with Crippen molar-refractivity contribution in [2.75, 3.05) is 43.9 Å². The van der Waals surface area contributed by atoms with Crippen LogP contribution in [-0.2, 0) is 10.0 Å². The molecule has 3 atom stereocenters. The second-order valence-electron chi connectivity index (χ2n) is 10.3. The third-order valence-corrected chi connectivity index (χ3v) is 8.51. The number of ether oxygens (including phenoxy) is 2. The number of rotatable bonds is 9. The van der Waals surface area contributed by atoms with Gasteiger partial charge >= 0.3 is 6.03 Å². The number of aliphatic hydroxyl groups is 1. The van der Waals surface area contributed by atoms with Gasteiger partial charge in [0.2, 0.25) is 0 Å². The molecule has 0 spiro atoms. The van der Waals surface area contributed by atoms with E-state index < -0.39 is 28.1 Å². The molecule has 0 radical (unpaired) electrons. The molecule has 12 heteroatoms. The number of nitrogens with one attached hydrogen (secondary N) is 2. The van der Waals surface area contributed by atoms with Gasteiger partial charge in [-0.3, -0.25) is 9.52 Å². The van der Waals surface area contributed by atoms with Crippen LogP contribution in [0.25, 0.3) is 0 Å². The van der Waals surface area contributed by atoms with E-state index in [9.17, 15) is 23.1 Å². The molecule has 0 saturated carbocycles. The molecule has 3 amide bonds. The summed E-state index contributed by atoms with van der Waals surface area (Å²) in [6.07, 6.45) is -0.640. The highest BCUT2D eigenvalue weighted by Gasteiger charge is 2.35. The van der Waals surface area contributed by atoms with E-state index in [2.05, 4.69) is 10.0 Å². The molecule has 11 nitrogen and oxygen atoms in total. The third kappa shape index (κ3) is 6.94. The van der Waals surface area contributed by atoms with Crippen LogP contribution in [0.5, 0.6) is 11.5 Å². The van der Waals surface area contributed by atoms with Crippen LogP contribution in [0.15, 0.2) is 77.7 Å². The molecule has 0 unspecified atom stereocenters. The number of amides is 3. The Bertz CT molecular complexity index is 1500. The van der Waals surface area contributed by atoms with Gasteiger partial charge in [-0.15, -0.1) is 0 Å². The molecule has 4 rings (SSSR count). The van der Waals surface area contributed by atoms with E-state index in [4.69, 9.17) is 9.47 Å². The minimum atomic E-state index is -4.01. The molecule has 1 heterocycles. The summed E-state index contributed by atoms with van der Waals surface area (Å²) in [7, 11) is -0.823. The zero-order valence-corrected chi connectivity index (χ0v) is 24.8. The monoisotopic (exact) mass is 596 g/mol. The number of sulfonamides is 1. The van der Waals surface area contributed by atoms with Crippen molar-refractivity contribution in [3.8, 4) is 11.5 Å². The Hall–Kier alpha value is -4.29. The number of likely N-dealkylation sites (N-methyl/N-ethyl adjacent to an activating group) is 1. The lowest BCUT2D eigenvalue weighted by atomic mass is 9.99. The molecule has 0 fully saturated rings. The first-order valence-electron chi connectivity index (χ1n) is 13.5. The Kier molecular flexibility index (Phi) is 9.59. The summed E-state index contributed by atoms with van der Waals surface area (Å²) in [5, 5.41) is 12.7. The van der Waals surface area contributed by atoms with Crippen LogP contribution in [0.3, 0.4) is 0 Å². The number of benzene rings is 3. The molecule has 3 N–H and O–H groups in total. The summed E-state index contributed by atoms with van der Waals surface area (Å²) in [5.74, 6) is 0.0126. The number of anilines is 2. The highest BCUT2D eigenvalue weighted by atomic mass is 32.2. The molecule has 0 saturated heterocycles. The summed E-state index contributed by atoms with van der Waals surface area (Å²) in [6, 6.07) is 18.5. The SMILES string of the molecule is COc1ccc(NC(=O)N(C)C[C@H]2Oc3c(NS(=O)(=O)c4ccccc4)cccc3C(=O)N([C@@H](C)CO)C[C@@H]2C)cc1. The van der Waals surface area contributed by atoms with Crippen molar-refractivity contribution in [3.05, 3.63) is 78.4 Å². The third-order valence-electron chi connectivity index (χ3n) is 7.13. The Morgan fingerprint density at radius 2 is 1.81 bits per heavy atom. The highest BCUT2D eigenvalue weighted by molar-refractivity contribution is 7.92. The minimum absolute atomic E-state index is 0.0511. The average molecular weight is 597 g/mol. The summed E-state index contributed by atoms with van der Waals surface area (Å²) >= 11 is 0. The molecule has 1 aliphatic rings. The fraction of sp³-hybridized carbons (Fsp3) is 0.333. The van der Waals surface area contributed by atoms with Crippen LogP contribution in [0.4, 0.5) is 16.2 Å². The Morgan fingerprint density at radius 3 is 2.45 bits per heavy atom. The molecule has 0 bridgehead atoms. The van der Waals surface area contributed by atoms with E-state index in [1.54, 1.807) is 80.6 Å². The molecule has 3 aromatic carbocycles. The van der Waals surface area contributed by atoms with Crippen molar-refractivity contribution in [2.24, 2.45) is 5.92 Å². The normalized spacial score (nSPS) is 17.6. The smallest absolute Gasteiger partial charge is 0.321 e. The fourth-order valence-electron chi connectivity index (χ4n) is 4.59. The van der Waals surface area contributed by atoms with Crippen molar-refractivity contribution >= 4 is 33.3 Å². The number of carbonyl (C=O) groups is 2. The van der Waals surface area contributed by atoms with Crippen LogP contribution in [-0.4, -0.2) is 81.3 Å². The average Bonchev–Trinajstić information content (AvgIpc) is 2.99. The Balaban J connectivity index is 1.66. The van der Waals surface area contributed by atoms with Crippen molar-refractivity contribution < 1.29 is 32.6 Å². The Morgan fingerprint density at radius 1 is 1.12 bits per heavy atom. The van der Waals surface area contributed by atoms with Crippen molar-refractivity contribution in [1.29, 1.82) is 0 Å². The molecule has 42 heavy (non-hydrogen) atoms. The van der Waals surface area contributed by atoms with E-state index >= 15 is 0 Å². The van der Waals surface area contributed by atoms with Crippen molar-refractivity contribution in [1.82, 2.24) is 9.80 Å². The van der Waals surface area contributed by atoms with Gasteiger partial charge in [-0.05, 0) is 55.5 Å². The number of urea groups is 1. The van der Waals surface area contributed by atoms with Gasteiger partial charge in [0.25, 0.3) is 15.9 Å². The summed E-state index contributed by atoms with van der Waals surface area (Å²) in [4.78, 5) is 29.8. The van der Waals surface area contributed by atoms with Crippen molar-refractivity contribution in [2.45, 2.75) is 30.9 Å². The van der Waals surface area contributed by atoms with E-state index in [0.717, 1.165) is 0 Å². The van der Waals surface area contributed by atoms with Gasteiger partial charge in [-0.25, -0.2) is 13.2 Å². The molecule has 224 valence electrons. The molecule has 1 aliphatic heterocycles. The lowest BCUT2D eigenvalue weighted by Crippen LogP contribution is -2.50. The van der Waals surface area contributed by atoms with Crippen LogP contribution in [0, 0.1) is 5.92 Å². The first-order valence-corrected chi connectivity index (χ1v) is 15.0. The maximum atomic E-state index is 13.7. The van der Waals surface area contributed by atoms with E-state index in [-0.39, 0.29) is 53.5 Å². The highest BCUT2D eigenvalue weighted by Crippen LogP contribution is 2.36. The predicted molar refractivity (Wildman–Crippen MR) is 159 cm³/mol. The number of hydrogen-bond acceptors (Lipinski definition) is 7. The number of methoxy groups -OCH3 is 1. The number of hydrogen-bond donors (Lipinski definition) is 3. The molecular weight excluding hydrogens is 560 g/mol. The van der Waals surface area contributed by atoms with Gasteiger partial charge in [0, 0.05) is 25.2 Å². The van der Waals surface area contributed by atoms with Gasteiger partial charge in [0.15, 0.2) is 5.75 Å². The second-order valence-corrected chi connectivity index (χ2v) is 11.9. The summed E-state index contributed by atoms with van der Waals surface area (Å²) in [5.41, 5.74) is 0.812. The number of carbonyl (C=O) groups excluding carboxylic acids is 2. The molecular formula is C30H36N4O7S. The number of nitrogens with zero attached hydrogens (tertiary/aromatic N) is 2. The van der Waals surface area contributed by atoms with Crippen LogP contribution < -0.4 is 19.5 Å². The largest absolute Gasteiger partial charge is 0.497 e. The van der Waals surface area contributed by atoms with Crippen LogP contribution in [0.2, 0.25) is 0 Å². The second kappa shape index (κ2) is 13.1. The topological polar surface area (TPSA) is 138 Å². The lowest BCUT2D eigenvalue weighted by molar-refractivity contribution is 0.0373. The summed E-state index contributed by atoms with van der Waals surface area (Å²) in [6.45, 7) is 3.73. The van der Waals surface area contributed by atoms with Gasteiger partial charge < -0.3 is 29.7 Å². The van der Waals surface area contributed by atoms with E-state index in [1.807, 2.05) is 6.92 Å². The molecule has 0 aromatic heterocycles. The van der Waals surface area contributed by atoms with Gasteiger partial charge in [-0.2, -0.15) is 0 Å². The first kappa shape index (κ1) is 30.7. The fourth-order valence-corrected chi connectivity index (χ4v) is 5.67. The number of fused-ring (bicyclic) bond motifs is 1. The maximum Gasteiger partial charge on any atom is 0.321 e.